The lowest BCUT2D eigenvalue weighted by Gasteiger charge is -2.13. The van der Waals surface area contributed by atoms with Gasteiger partial charge in [0.2, 0.25) is 11.8 Å². The molecule has 8 nitrogen and oxygen atoms in total. The molecular formula is C27H21BrN2O6. The number of hydrogen-bond donors (Lipinski definition) is 1. The van der Waals surface area contributed by atoms with Crippen molar-refractivity contribution in [2.45, 2.75) is 13.8 Å². The zero-order valence-electron chi connectivity index (χ0n) is 19.4. The van der Waals surface area contributed by atoms with Crippen molar-refractivity contribution < 1.29 is 28.6 Å². The first kappa shape index (κ1) is 24.9. The van der Waals surface area contributed by atoms with Gasteiger partial charge in [-0.3, -0.25) is 4.79 Å². The van der Waals surface area contributed by atoms with Crippen molar-refractivity contribution in [2.24, 2.45) is 4.99 Å². The molecule has 1 aliphatic heterocycles. The molecule has 36 heavy (non-hydrogen) atoms. The van der Waals surface area contributed by atoms with E-state index in [-0.39, 0.29) is 23.3 Å². The van der Waals surface area contributed by atoms with E-state index in [9.17, 15) is 14.4 Å². The lowest BCUT2D eigenvalue weighted by molar-refractivity contribution is -0.130. The van der Waals surface area contributed by atoms with E-state index in [1.54, 1.807) is 66.7 Å². The summed E-state index contributed by atoms with van der Waals surface area (Å²) in [5, 5.41) is 2.67. The molecule has 0 saturated heterocycles. The highest BCUT2D eigenvalue weighted by molar-refractivity contribution is 9.10. The van der Waals surface area contributed by atoms with Crippen LogP contribution in [0.2, 0.25) is 0 Å². The number of halogens is 1. The molecule has 0 radical (unpaired) electrons. The van der Waals surface area contributed by atoms with E-state index in [2.05, 4.69) is 26.2 Å². The van der Waals surface area contributed by atoms with Crippen LogP contribution >= 0.6 is 15.9 Å². The number of cyclic esters (lactones) is 1. The number of benzene rings is 3. The summed E-state index contributed by atoms with van der Waals surface area (Å²) in [4.78, 5) is 40.5. The molecule has 0 bridgehead atoms. The Morgan fingerprint density at radius 1 is 1.08 bits per heavy atom. The van der Waals surface area contributed by atoms with Gasteiger partial charge in [0.1, 0.15) is 0 Å². The molecule has 1 aliphatic rings. The highest BCUT2D eigenvalue weighted by atomic mass is 79.9. The number of rotatable bonds is 7. The van der Waals surface area contributed by atoms with Crippen LogP contribution in [0.25, 0.3) is 6.08 Å². The van der Waals surface area contributed by atoms with Crippen LogP contribution in [0.4, 0.5) is 5.69 Å². The van der Waals surface area contributed by atoms with Crippen molar-refractivity contribution in [2.75, 3.05) is 11.9 Å². The number of nitrogens with one attached hydrogen (secondary N) is 1. The second-order valence-electron chi connectivity index (χ2n) is 7.61. The fourth-order valence-electron chi connectivity index (χ4n) is 3.35. The quantitative estimate of drug-likeness (QED) is 0.242. The topological polar surface area (TPSA) is 103 Å². The summed E-state index contributed by atoms with van der Waals surface area (Å²) in [6.45, 7) is 3.56. The van der Waals surface area contributed by atoms with Crippen LogP contribution in [0, 0.1) is 0 Å². The van der Waals surface area contributed by atoms with Crippen molar-refractivity contribution in [3.05, 3.63) is 93.6 Å². The largest absolute Gasteiger partial charge is 0.490 e. The number of aliphatic imine (C=N–C) groups is 1. The zero-order valence-corrected chi connectivity index (χ0v) is 21.0. The van der Waals surface area contributed by atoms with Gasteiger partial charge in [0.15, 0.2) is 17.2 Å². The molecule has 9 heteroatoms. The maximum Gasteiger partial charge on any atom is 0.363 e. The van der Waals surface area contributed by atoms with Crippen molar-refractivity contribution in [3.63, 3.8) is 0 Å². The Morgan fingerprint density at radius 3 is 2.47 bits per heavy atom. The Bertz CT molecular complexity index is 1380. The van der Waals surface area contributed by atoms with E-state index in [0.717, 1.165) is 0 Å². The molecule has 0 aliphatic carbocycles. The molecule has 0 fully saturated rings. The van der Waals surface area contributed by atoms with E-state index in [1.165, 1.54) is 6.92 Å². The third-order valence-electron chi connectivity index (χ3n) is 4.91. The van der Waals surface area contributed by atoms with Gasteiger partial charge < -0.3 is 19.5 Å². The summed E-state index contributed by atoms with van der Waals surface area (Å²) in [6, 6.07) is 18.7. The lowest BCUT2D eigenvalue weighted by Crippen LogP contribution is -2.10. The number of hydrogen-bond acceptors (Lipinski definition) is 7. The maximum atomic E-state index is 12.6. The Balaban J connectivity index is 1.60. The zero-order chi connectivity index (χ0) is 25.7. The van der Waals surface area contributed by atoms with E-state index < -0.39 is 11.9 Å². The van der Waals surface area contributed by atoms with Gasteiger partial charge in [0.05, 0.1) is 16.6 Å². The fourth-order valence-corrected chi connectivity index (χ4v) is 3.89. The molecule has 0 spiro atoms. The van der Waals surface area contributed by atoms with Crippen LogP contribution in [-0.4, -0.2) is 30.4 Å². The first-order chi connectivity index (χ1) is 17.3. The minimum absolute atomic E-state index is 0.0966. The number of carbonyl (C=O) groups excluding carboxylic acids is 3. The number of esters is 2. The average molecular weight is 549 g/mol. The van der Waals surface area contributed by atoms with Gasteiger partial charge in [-0.1, -0.05) is 18.2 Å². The van der Waals surface area contributed by atoms with Crippen molar-refractivity contribution >= 4 is 51.4 Å². The van der Waals surface area contributed by atoms with Crippen LogP contribution in [-0.2, 0) is 14.3 Å². The van der Waals surface area contributed by atoms with Crippen LogP contribution in [0.5, 0.6) is 11.5 Å². The number of ether oxygens (including phenoxy) is 3. The van der Waals surface area contributed by atoms with Gasteiger partial charge >= 0.3 is 11.9 Å². The van der Waals surface area contributed by atoms with Crippen LogP contribution in [0.3, 0.4) is 0 Å². The molecule has 0 aromatic heterocycles. The molecule has 1 amide bonds. The van der Waals surface area contributed by atoms with Gasteiger partial charge in [0, 0.05) is 18.2 Å². The van der Waals surface area contributed by atoms with Gasteiger partial charge in [-0.15, -0.1) is 0 Å². The predicted molar refractivity (Wildman–Crippen MR) is 138 cm³/mol. The van der Waals surface area contributed by atoms with Crippen LogP contribution in [0.15, 0.2) is 81.9 Å². The minimum Gasteiger partial charge on any atom is -0.490 e. The number of anilines is 1. The average Bonchev–Trinajstić information content (AvgIpc) is 3.22. The van der Waals surface area contributed by atoms with E-state index >= 15 is 0 Å². The normalized spacial score (nSPS) is 13.7. The van der Waals surface area contributed by atoms with E-state index in [4.69, 9.17) is 14.2 Å². The standard InChI is InChI=1S/C27H21BrN2O6/c1-3-34-23-15-17(13-21(28)24(23)35-26(32)19-7-5-4-6-8-19)14-22-27(33)36-25(30-22)18-9-11-20(12-10-18)29-16(2)31/h4-15H,3H2,1-2H3,(H,29,31)/b22-14-. The molecule has 1 N–H and O–H groups in total. The molecule has 0 atom stereocenters. The maximum absolute atomic E-state index is 12.6. The lowest BCUT2D eigenvalue weighted by atomic mass is 10.1. The Morgan fingerprint density at radius 2 is 1.81 bits per heavy atom. The second-order valence-corrected chi connectivity index (χ2v) is 8.47. The SMILES string of the molecule is CCOc1cc(/C=C2\N=C(c3ccc(NC(C)=O)cc3)OC2=O)cc(Br)c1OC(=O)c1ccccc1. The number of nitrogens with zero attached hydrogens (tertiary/aromatic N) is 1. The molecule has 0 unspecified atom stereocenters. The van der Waals surface area contributed by atoms with Gasteiger partial charge in [-0.05, 0) is 83.0 Å². The van der Waals surface area contributed by atoms with Gasteiger partial charge in [-0.2, -0.15) is 0 Å². The minimum atomic E-state index is -0.607. The third kappa shape index (κ3) is 5.87. The highest BCUT2D eigenvalue weighted by Gasteiger charge is 2.25. The first-order valence-corrected chi connectivity index (χ1v) is 11.8. The molecule has 3 aromatic carbocycles. The van der Waals surface area contributed by atoms with Gasteiger partial charge in [-0.25, -0.2) is 14.6 Å². The predicted octanol–water partition coefficient (Wildman–Crippen LogP) is 5.37. The van der Waals surface area contributed by atoms with E-state index in [1.807, 2.05) is 13.0 Å². The molecule has 182 valence electrons. The van der Waals surface area contributed by atoms with Crippen molar-refractivity contribution in [1.82, 2.24) is 0 Å². The fraction of sp³-hybridized carbons (Fsp3) is 0.111. The molecular weight excluding hydrogens is 528 g/mol. The summed E-state index contributed by atoms with van der Waals surface area (Å²) in [7, 11) is 0. The smallest absolute Gasteiger partial charge is 0.363 e. The summed E-state index contributed by atoms with van der Waals surface area (Å²) in [5.74, 6) is -0.613. The Kier molecular flexibility index (Phi) is 7.60. The first-order valence-electron chi connectivity index (χ1n) is 11.0. The Labute approximate surface area is 215 Å². The van der Waals surface area contributed by atoms with Crippen LogP contribution < -0.4 is 14.8 Å². The third-order valence-corrected chi connectivity index (χ3v) is 5.50. The molecule has 1 heterocycles. The summed E-state index contributed by atoms with van der Waals surface area (Å²) < 4.78 is 17.1. The summed E-state index contributed by atoms with van der Waals surface area (Å²) in [6.07, 6.45) is 1.55. The number of amides is 1. The van der Waals surface area contributed by atoms with Gasteiger partial charge in [0.25, 0.3) is 0 Å². The highest BCUT2D eigenvalue weighted by Crippen LogP contribution is 2.38. The van der Waals surface area contributed by atoms with E-state index in [0.29, 0.717) is 39.2 Å². The van der Waals surface area contributed by atoms with Crippen molar-refractivity contribution in [3.8, 4) is 11.5 Å². The molecule has 0 saturated carbocycles. The number of carbonyl (C=O) groups is 3. The second kappa shape index (κ2) is 11.0. The van der Waals surface area contributed by atoms with Crippen molar-refractivity contribution in [1.29, 1.82) is 0 Å². The molecule has 4 rings (SSSR count). The monoisotopic (exact) mass is 548 g/mol. The van der Waals surface area contributed by atoms with Crippen LogP contribution in [0.1, 0.15) is 35.3 Å². The summed E-state index contributed by atoms with van der Waals surface area (Å²) in [5.41, 5.74) is 2.29. The summed E-state index contributed by atoms with van der Waals surface area (Å²) >= 11 is 3.44. The Hall–Kier alpha value is -4.24. The molecule has 3 aromatic rings.